The molecule has 0 bridgehead atoms. The third kappa shape index (κ3) is 4.64. The molecule has 0 unspecified atom stereocenters. The predicted octanol–water partition coefficient (Wildman–Crippen LogP) is 1.18. The first-order valence-electron chi connectivity index (χ1n) is 7.66. The van der Waals surface area contributed by atoms with Gasteiger partial charge in [0.2, 0.25) is 6.41 Å². The molecule has 1 fully saturated rings. The van der Waals surface area contributed by atoms with E-state index in [2.05, 4.69) is 27.2 Å². The lowest BCUT2D eigenvalue weighted by Crippen LogP contribution is -2.37. The molecule has 8 nitrogen and oxygen atoms in total. The molecular formula is C15H23N5O3. The maximum atomic E-state index is 10.5. The minimum Gasteiger partial charge on any atom is -0.385 e. The van der Waals surface area contributed by atoms with Gasteiger partial charge in [0, 0.05) is 38.9 Å². The van der Waals surface area contributed by atoms with E-state index in [4.69, 9.17) is 9.47 Å². The van der Waals surface area contributed by atoms with Gasteiger partial charge in [0.05, 0.1) is 19.4 Å². The average Bonchev–Trinajstić information content (AvgIpc) is 3.05. The summed E-state index contributed by atoms with van der Waals surface area (Å²) in [5, 5.41) is 6.83. The Balaban J connectivity index is 0.000000338. The molecule has 126 valence electrons. The molecule has 8 heteroatoms. The minimum atomic E-state index is 0.527. The number of hydrogen-bond acceptors (Lipinski definition) is 6. The smallest absolute Gasteiger partial charge is 0.212 e. The van der Waals surface area contributed by atoms with E-state index >= 15 is 0 Å². The number of carbonyl (C=O) groups is 1. The zero-order valence-electron chi connectivity index (χ0n) is 13.6. The maximum Gasteiger partial charge on any atom is 0.212 e. The molecule has 0 radical (unpaired) electrons. The Labute approximate surface area is 135 Å². The highest BCUT2D eigenvalue weighted by molar-refractivity contribution is 5.72. The van der Waals surface area contributed by atoms with Gasteiger partial charge in [-0.25, -0.2) is 4.98 Å². The number of aromatic nitrogens is 3. The van der Waals surface area contributed by atoms with Gasteiger partial charge in [0.1, 0.15) is 11.6 Å². The molecule has 1 aliphatic rings. The van der Waals surface area contributed by atoms with Gasteiger partial charge in [-0.05, 0) is 6.42 Å². The lowest BCUT2D eigenvalue weighted by Gasteiger charge is -2.29. The van der Waals surface area contributed by atoms with Gasteiger partial charge in [0.25, 0.3) is 0 Å². The van der Waals surface area contributed by atoms with Crippen molar-refractivity contribution in [1.29, 1.82) is 0 Å². The average molecular weight is 321 g/mol. The minimum absolute atomic E-state index is 0.527. The fraction of sp³-hybridized carbons (Fsp3) is 0.533. The summed E-state index contributed by atoms with van der Waals surface area (Å²) in [6, 6.07) is 3.62. The molecule has 23 heavy (non-hydrogen) atoms. The van der Waals surface area contributed by atoms with Crippen molar-refractivity contribution in [3.63, 3.8) is 0 Å². The van der Waals surface area contributed by atoms with E-state index in [1.807, 2.05) is 6.07 Å². The summed E-state index contributed by atoms with van der Waals surface area (Å²) in [7, 11) is 1.71. The highest BCUT2D eigenvalue weighted by Gasteiger charge is 2.16. The van der Waals surface area contributed by atoms with Crippen molar-refractivity contribution < 1.29 is 14.3 Å². The molecule has 0 spiro atoms. The number of carbonyl (C=O) groups excluding carboxylic acids is 1. The molecule has 3 heterocycles. The zero-order chi connectivity index (χ0) is 16.5. The number of rotatable bonds is 5. The Hall–Kier alpha value is -2.19. The van der Waals surface area contributed by atoms with Crippen LogP contribution in [0.4, 0.5) is 11.6 Å². The SMILES string of the molecule is CCCOC.O=CNc1cc(N2CCOCC2)n2nccc2n1. The van der Waals surface area contributed by atoms with E-state index in [-0.39, 0.29) is 0 Å². The van der Waals surface area contributed by atoms with Crippen LogP contribution in [0.3, 0.4) is 0 Å². The molecule has 2 aromatic rings. The second-order valence-corrected chi connectivity index (χ2v) is 4.96. The lowest BCUT2D eigenvalue weighted by molar-refractivity contribution is -0.105. The van der Waals surface area contributed by atoms with E-state index in [0.29, 0.717) is 31.1 Å². The number of anilines is 2. The number of ether oxygens (including phenoxy) is 2. The van der Waals surface area contributed by atoms with Gasteiger partial charge in [0.15, 0.2) is 5.65 Å². The molecule has 1 aliphatic heterocycles. The van der Waals surface area contributed by atoms with Crippen LogP contribution in [-0.2, 0) is 14.3 Å². The molecule has 1 saturated heterocycles. The Kier molecular flexibility index (Phi) is 6.76. The molecule has 2 aromatic heterocycles. The normalized spacial score (nSPS) is 14.3. The first kappa shape index (κ1) is 17.2. The van der Waals surface area contributed by atoms with Gasteiger partial charge in [-0.2, -0.15) is 9.61 Å². The number of hydrogen-bond donors (Lipinski definition) is 1. The van der Waals surface area contributed by atoms with Crippen molar-refractivity contribution in [2.45, 2.75) is 13.3 Å². The summed E-state index contributed by atoms with van der Waals surface area (Å²) in [6.45, 7) is 5.98. The Bertz CT molecular complexity index is 608. The number of nitrogens with one attached hydrogen (secondary N) is 1. The predicted molar refractivity (Wildman–Crippen MR) is 87.9 cm³/mol. The van der Waals surface area contributed by atoms with Gasteiger partial charge in [-0.3, -0.25) is 4.79 Å². The van der Waals surface area contributed by atoms with Crippen molar-refractivity contribution in [1.82, 2.24) is 14.6 Å². The van der Waals surface area contributed by atoms with E-state index in [9.17, 15) is 4.79 Å². The largest absolute Gasteiger partial charge is 0.385 e. The Morgan fingerprint density at radius 2 is 2.22 bits per heavy atom. The fourth-order valence-electron chi connectivity index (χ4n) is 2.25. The molecular weight excluding hydrogens is 298 g/mol. The van der Waals surface area contributed by atoms with Crippen LogP contribution in [0, 0.1) is 0 Å². The van der Waals surface area contributed by atoms with Crippen molar-refractivity contribution >= 4 is 23.7 Å². The molecule has 1 N–H and O–H groups in total. The van der Waals surface area contributed by atoms with Crippen LogP contribution >= 0.6 is 0 Å². The summed E-state index contributed by atoms with van der Waals surface area (Å²) >= 11 is 0. The third-order valence-electron chi connectivity index (χ3n) is 3.29. The molecule has 1 amide bonds. The first-order valence-corrected chi connectivity index (χ1v) is 7.66. The summed E-state index contributed by atoms with van der Waals surface area (Å²) in [4.78, 5) is 17.0. The molecule has 0 atom stereocenters. The molecule has 0 aliphatic carbocycles. The van der Waals surface area contributed by atoms with Crippen molar-refractivity contribution in [3.05, 3.63) is 18.3 Å². The molecule has 0 aromatic carbocycles. The summed E-state index contributed by atoms with van der Waals surface area (Å²) < 4.78 is 11.8. The summed E-state index contributed by atoms with van der Waals surface area (Å²) in [6.07, 6.45) is 3.44. The van der Waals surface area contributed by atoms with E-state index in [0.717, 1.165) is 31.9 Å². The van der Waals surface area contributed by atoms with Crippen LogP contribution in [0.15, 0.2) is 18.3 Å². The topological polar surface area (TPSA) is 81.0 Å². The van der Waals surface area contributed by atoms with Crippen LogP contribution < -0.4 is 10.2 Å². The van der Waals surface area contributed by atoms with E-state index in [1.54, 1.807) is 23.9 Å². The van der Waals surface area contributed by atoms with Crippen LogP contribution in [0.25, 0.3) is 5.65 Å². The van der Waals surface area contributed by atoms with E-state index < -0.39 is 0 Å². The first-order chi connectivity index (χ1) is 11.3. The Morgan fingerprint density at radius 1 is 1.43 bits per heavy atom. The van der Waals surface area contributed by atoms with Crippen molar-refractivity contribution in [2.75, 3.05) is 50.2 Å². The lowest BCUT2D eigenvalue weighted by atomic mass is 10.4. The number of nitrogens with zero attached hydrogens (tertiary/aromatic N) is 4. The Morgan fingerprint density at radius 3 is 2.83 bits per heavy atom. The highest BCUT2D eigenvalue weighted by atomic mass is 16.5. The van der Waals surface area contributed by atoms with Gasteiger partial charge in [-0.1, -0.05) is 6.92 Å². The van der Waals surface area contributed by atoms with Gasteiger partial charge in [-0.15, -0.1) is 0 Å². The van der Waals surface area contributed by atoms with Gasteiger partial charge >= 0.3 is 0 Å². The van der Waals surface area contributed by atoms with Crippen molar-refractivity contribution in [3.8, 4) is 0 Å². The van der Waals surface area contributed by atoms with Crippen LogP contribution in [-0.4, -0.2) is 61.0 Å². The number of methoxy groups -OCH3 is 1. The van der Waals surface area contributed by atoms with Crippen LogP contribution in [0.1, 0.15) is 13.3 Å². The van der Waals surface area contributed by atoms with Crippen molar-refractivity contribution in [2.24, 2.45) is 0 Å². The fourth-order valence-corrected chi connectivity index (χ4v) is 2.25. The second kappa shape index (κ2) is 9.06. The maximum absolute atomic E-state index is 10.5. The third-order valence-corrected chi connectivity index (χ3v) is 3.29. The van der Waals surface area contributed by atoms with Crippen LogP contribution in [0.5, 0.6) is 0 Å². The monoisotopic (exact) mass is 321 g/mol. The summed E-state index contributed by atoms with van der Waals surface area (Å²) in [5.41, 5.74) is 0.711. The zero-order valence-corrected chi connectivity index (χ0v) is 13.6. The standard InChI is InChI=1S/C11H13N5O2.C4H10O/c17-8-12-9-7-11(15-3-5-18-6-4-15)16-10(14-9)1-2-13-16;1-3-4-5-2/h1-2,7-8H,3-6H2,(H,12,14,17);3-4H2,1-2H3. The number of morpholine rings is 1. The van der Waals surface area contributed by atoms with E-state index in [1.165, 1.54) is 0 Å². The van der Waals surface area contributed by atoms with Gasteiger partial charge < -0.3 is 19.7 Å². The highest BCUT2D eigenvalue weighted by Crippen LogP contribution is 2.20. The quantitative estimate of drug-likeness (QED) is 0.833. The molecule has 0 saturated carbocycles. The molecule has 3 rings (SSSR count). The number of fused-ring (bicyclic) bond motifs is 1. The second-order valence-electron chi connectivity index (χ2n) is 4.96. The number of amides is 1. The summed E-state index contributed by atoms with van der Waals surface area (Å²) in [5.74, 6) is 1.44. The van der Waals surface area contributed by atoms with Crippen LogP contribution in [0.2, 0.25) is 0 Å².